The summed E-state index contributed by atoms with van der Waals surface area (Å²) in [6.45, 7) is 1.61. The number of carbonyl (C=O) groups excluding carboxylic acids is 1. The molecule has 0 unspecified atom stereocenters. The van der Waals surface area contributed by atoms with Crippen molar-refractivity contribution in [2.45, 2.75) is 18.2 Å². The molecule has 3 rings (SSSR count). The van der Waals surface area contributed by atoms with E-state index in [-0.39, 0.29) is 23.0 Å². The predicted octanol–water partition coefficient (Wildman–Crippen LogP) is 3.47. The Balaban J connectivity index is 1.85. The van der Waals surface area contributed by atoms with Gasteiger partial charge in [0.05, 0.1) is 27.3 Å². The molecule has 26 heavy (non-hydrogen) atoms. The number of nitrogens with zero attached hydrogens (tertiary/aromatic N) is 2. The second-order valence-electron chi connectivity index (χ2n) is 5.79. The summed E-state index contributed by atoms with van der Waals surface area (Å²) in [4.78, 5) is 17.4. The first kappa shape index (κ1) is 19.0. The van der Waals surface area contributed by atoms with Crippen molar-refractivity contribution in [1.29, 1.82) is 0 Å². The number of carbonyl (C=O) groups is 1. The van der Waals surface area contributed by atoms with Crippen LogP contribution in [0.25, 0.3) is 10.2 Å². The van der Waals surface area contributed by atoms with Crippen molar-refractivity contribution >= 4 is 53.2 Å². The molecule has 0 saturated heterocycles. The molecule has 0 aliphatic carbocycles. The summed E-state index contributed by atoms with van der Waals surface area (Å²) in [5, 5.41) is 0. The van der Waals surface area contributed by atoms with Crippen molar-refractivity contribution in [3.8, 4) is 0 Å². The van der Waals surface area contributed by atoms with Gasteiger partial charge >= 0.3 is 0 Å². The highest BCUT2D eigenvalue weighted by Gasteiger charge is 2.12. The van der Waals surface area contributed by atoms with Gasteiger partial charge in [0.1, 0.15) is 0 Å². The molecular weight excluding hydrogens is 436 g/mol. The van der Waals surface area contributed by atoms with Gasteiger partial charge in [0.25, 0.3) is 5.91 Å². The molecule has 136 valence electrons. The van der Waals surface area contributed by atoms with E-state index in [1.165, 1.54) is 11.3 Å². The zero-order valence-electron chi connectivity index (χ0n) is 14.3. The molecule has 0 bridgehead atoms. The van der Waals surface area contributed by atoms with E-state index in [1.807, 2.05) is 29.8 Å². The Labute approximate surface area is 164 Å². The summed E-state index contributed by atoms with van der Waals surface area (Å²) in [5.41, 5.74) is 1.75. The van der Waals surface area contributed by atoms with E-state index in [1.54, 1.807) is 31.2 Å². The maximum atomic E-state index is 12.3. The van der Waals surface area contributed by atoms with Crippen LogP contribution in [0.3, 0.4) is 0 Å². The van der Waals surface area contributed by atoms with Gasteiger partial charge in [-0.15, -0.1) is 0 Å². The van der Waals surface area contributed by atoms with Crippen LogP contribution in [-0.4, -0.2) is 24.6 Å². The van der Waals surface area contributed by atoms with Crippen LogP contribution in [-0.2, 0) is 28.1 Å². The van der Waals surface area contributed by atoms with Gasteiger partial charge in [-0.2, -0.15) is 4.99 Å². The largest absolute Gasteiger partial charge is 0.319 e. The monoisotopic (exact) mass is 452 g/mol. The van der Waals surface area contributed by atoms with E-state index in [0.29, 0.717) is 4.80 Å². The molecule has 1 amide bonds. The SMILES string of the molecule is CCS(=O)(=O)c1ccc(CC(=O)N=c2sc3cc(Br)ccc3n2C)cc1. The van der Waals surface area contributed by atoms with Gasteiger partial charge in [-0.1, -0.05) is 46.3 Å². The number of fused-ring (bicyclic) bond motifs is 1. The summed E-state index contributed by atoms with van der Waals surface area (Å²) < 4.78 is 27.6. The first-order valence-electron chi connectivity index (χ1n) is 7.94. The average Bonchev–Trinajstić information content (AvgIpc) is 2.90. The highest BCUT2D eigenvalue weighted by Crippen LogP contribution is 2.21. The molecule has 0 aliphatic heterocycles. The molecule has 0 aliphatic rings. The van der Waals surface area contributed by atoms with Gasteiger partial charge in [-0.05, 0) is 35.9 Å². The minimum Gasteiger partial charge on any atom is -0.319 e. The first-order valence-corrected chi connectivity index (χ1v) is 11.2. The van der Waals surface area contributed by atoms with E-state index in [0.717, 1.165) is 20.3 Å². The summed E-state index contributed by atoms with van der Waals surface area (Å²) in [7, 11) is -1.35. The summed E-state index contributed by atoms with van der Waals surface area (Å²) in [6.07, 6.45) is 0.129. The number of sulfone groups is 1. The number of aryl methyl sites for hydroxylation is 1. The van der Waals surface area contributed by atoms with Crippen molar-refractivity contribution in [1.82, 2.24) is 4.57 Å². The van der Waals surface area contributed by atoms with Crippen LogP contribution < -0.4 is 4.80 Å². The smallest absolute Gasteiger partial charge is 0.252 e. The van der Waals surface area contributed by atoms with Gasteiger partial charge in [0, 0.05) is 11.5 Å². The van der Waals surface area contributed by atoms with E-state index in [2.05, 4.69) is 20.9 Å². The summed E-state index contributed by atoms with van der Waals surface area (Å²) in [5.74, 6) is -0.212. The molecule has 5 nitrogen and oxygen atoms in total. The van der Waals surface area contributed by atoms with Crippen molar-refractivity contribution in [3.05, 3.63) is 57.3 Å². The number of hydrogen-bond acceptors (Lipinski definition) is 4. The van der Waals surface area contributed by atoms with Crippen molar-refractivity contribution < 1.29 is 13.2 Å². The van der Waals surface area contributed by atoms with Crippen LogP contribution in [0.1, 0.15) is 12.5 Å². The van der Waals surface area contributed by atoms with Gasteiger partial charge in [-0.3, -0.25) is 4.79 Å². The lowest BCUT2D eigenvalue weighted by molar-refractivity contribution is -0.117. The highest BCUT2D eigenvalue weighted by molar-refractivity contribution is 9.10. The number of thiazole rings is 1. The number of aromatic nitrogens is 1. The fraction of sp³-hybridized carbons (Fsp3) is 0.222. The predicted molar refractivity (Wildman–Crippen MR) is 107 cm³/mol. The number of halogens is 1. The van der Waals surface area contributed by atoms with Crippen LogP contribution >= 0.6 is 27.3 Å². The lowest BCUT2D eigenvalue weighted by Gasteiger charge is -2.02. The highest BCUT2D eigenvalue weighted by atomic mass is 79.9. The molecule has 0 atom stereocenters. The van der Waals surface area contributed by atoms with Crippen LogP contribution in [0, 0.1) is 0 Å². The van der Waals surface area contributed by atoms with Crippen LogP contribution in [0.2, 0.25) is 0 Å². The van der Waals surface area contributed by atoms with Gasteiger partial charge in [0.2, 0.25) is 0 Å². The quantitative estimate of drug-likeness (QED) is 0.608. The van der Waals surface area contributed by atoms with Crippen molar-refractivity contribution in [3.63, 3.8) is 0 Å². The first-order chi connectivity index (χ1) is 12.3. The Hall–Kier alpha value is -1.77. The minimum atomic E-state index is -3.23. The van der Waals surface area contributed by atoms with Gasteiger partial charge < -0.3 is 4.57 Å². The average molecular weight is 453 g/mol. The molecule has 0 radical (unpaired) electrons. The Kier molecular flexibility index (Phi) is 5.45. The molecule has 1 heterocycles. The Bertz CT molecular complexity index is 1140. The van der Waals surface area contributed by atoms with Crippen LogP contribution in [0.15, 0.2) is 56.8 Å². The third kappa shape index (κ3) is 3.97. The maximum absolute atomic E-state index is 12.3. The van der Waals surface area contributed by atoms with E-state index < -0.39 is 9.84 Å². The fourth-order valence-electron chi connectivity index (χ4n) is 2.52. The molecule has 8 heteroatoms. The summed E-state index contributed by atoms with van der Waals surface area (Å²) in [6, 6.07) is 12.3. The number of rotatable bonds is 4. The zero-order valence-corrected chi connectivity index (χ0v) is 17.5. The molecule has 0 spiro atoms. The van der Waals surface area contributed by atoms with Gasteiger partial charge in [-0.25, -0.2) is 8.42 Å². The lowest BCUT2D eigenvalue weighted by Crippen LogP contribution is -2.14. The molecule has 0 N–H and O–H groups in total. The molecule has 1 aromatic heterocycles. The third-order valence-electron chi connectivity index (χ3n) is 4.01. The van der Waals surface area contributed by atoms with Crippen molar-refractivity contribution in [2.75, 3.05) is 5.75 Å². The summed E-state index contributed by atoms with van der Waals surface area (Å²) >= 11 is 4.90. The lowest BCUT2D eigenvalue weighted by atomic mass is 10.1. The van der Waals surface area contributed by atoms with E-state index in [9.17, 15) is 13.2 Å². The minimum absolute atomic E-state index is 0.0547. The van der Waals surface area contributed by atoms with E-state index in [4.69, 9.17) is 0 Å². The van der Waals surface area contributed by atoms with Crippen LogP contribution in [0.5, 0.6) is 0 Å². The topological polar surface area (TPSA) is 68.5 Å². The van der Waals surface area contributed by atoms with E-state index >= 15 is 0 Å². The third-order valence-corrected chi connectivity index (χ3v) is 7.35. The Morgan fingerprint density at radius 1 is 1.19 bits per heavy atom. The standard InChI is InChI=1S/C18H17BrN2O3S2/c1-3-26(23,24)14-7-4-12(5-8-14)10-17(22)20-18-21(2)15-9-6-13(19)11-16(15)25-18/h4-9,11H,3,10H2,1-2H3. The Morgan fingerprint density at radius 3 is 2.54 bits per heavy atom. The van der Waals surface area contributed by atoms with Crippen LogP contribution in [0.4, 0.5) is 0 Å². The molecule has 3 aromatic rings. The number of hydrogen-bond donors (Lipinski definition) is 0. The number of benzene rings is 2. The molecule has 0 saturated carbocycles. The zero-order chi connectivity index (χ0) is 18.9. The molecule has 0 fully saturated rings. The van der Waals surface area contributed by atoms with Crippen molar-refractivity contribution in [2.24, 2.45) is 12.0 Å². The normalized spacial score (nSPS) is 12.7. The molecule has 2 aromatic carbocycles. The fourth-order valence-corrected chi connectivity index (χ4v) is 4.99. The molecular formula is C18H17BrN2O3S2. The Morgan fingerprint density at radius 2 is 1.88 bits per heavy atom. The second-order valence-corrected chi connectivity index (χ2v) is 9.99. The second kappa shape index (κ2) is 7.46. The maximum Gasteiger partial charge on any atom is 0.252 e. The number of amides is 1. The van der Waals surface area contributed by atoms with Gasteiger partial charge in [0.15, 0.2) is 14.6 Å².